The van der Waals surface area contributed by atoms with E-state index in [1.54, 1.807) is 24.3 Å². The molecular formula is C28H39N3O4S. The molecule has 36 heavy (non-hydrogen) atoms. The first-order chi connectivity index (χ1) is 17.1. The average molecular weight is 514 g/mol. The van der Waals surface area contributed by atoms with E-state index in [2.05, 4.69) is 22.8 Å². The van der Waals surface area contributed by atoms with Gasteiger partial charge in [0.1, 0.15) is 6.04 Å². The molecule has 2 aromatic rings. The number of aryl methyl sites for hydroxylation is 2. The van der Waals surface area contributed by atoms with Crippen molar-refractivity contribution in [3.8, 4) is 0 Å². The summed E-state index contributed by atoms with van der Waals surface area (Å²) < 4.78 is 27.3. The predicted octanol–water partition coefficient (Wildman–Crippen LogP) is 3.67. The van der Waals surface area contributed by atoms with E-state index in [-0.39, 0.29) is 47.7 Å². The van der Waals surface area contributed by atoms with Crippen LogP contribution in [-0.4, -0.2) is 49.7 Å². The molecule has 1 aliphatic heterocycles. The first kappa shape index (κ1) is 27.9. The second-order valence-corrected chi connectivity index (χ2v) is 12.1. The summed E-state index contributed by atoms with van der Waals surface area (Å²) in [5.41, 5.74) is 2.22. The molecule has 0 bridgehead atoms. The molecule has 0 aromatic heterocycles. The molecule has 196 valence electrons. The van der Waals surface area contributed by atoms with Gasteiger partial charge in [-0.05, 0) is 63.1 Å². The molecule has 0 saturated carbocycles. The Morgan fingerprint density at radius 2 is 1.56 bits per heavy atom. The third-order valence-electron chi connectivity index (χ3n) is 6.83. The summed E-state index contributed by atoms with van der Waals surface area (Å²) in [5.74, 6) is -0.761. The Labute approximate surface area is 215 Å². The number of hydrogen-bond donors (Lipinski definition) is 2. The van der Waals surface area contributed by atoms with E-state index >= 15 is 0 Å². The van der Waals surface area contributed by atoms with E-state index in [1.165, 1.54) is 9.87 Å². The average Bonchev–Trinajstić information content (AvgIpc) is 2.86. The lowest BCUT2D eigenvalue weighted by atomic mass is 9.95. The molecule has 2 N–H and O–H groups in total. The molecule has 3 rings (SSSR count). The fraction of sp³-hybridized carbons (Fsp3) is 0.500. The lowest BCUT2D eigenvalue weighted by molar-refractivity contribution is -0.133. The normalized spacial score (nSPS) is 16.9. The smallest absolute Gasteiger partial charge is 0.243 e. The van der Waals surface area contributed by atoms with Crippen LogP contribution in [0.3, 0.4) is 0 Å². The van der Waals surface area contributed by atoms with E-state index < -0.39 is 16.1 Å². The van der Waals surface area contributed by atoms with Crippen LogP contribution in [0.15, 0.2) is 59.5 Å². The zero-order chi connectivity index (χ0) is 26.3. The van der Waals surface area contributed by atoms with Gasteiger partial charge in [0.25, 0.3) is 0 Å². The van der Waals surface area contributed by atoms with E-state index in [0.717, 1.165) is 18.4 Å². The van der Waals surface area contributed by atoms with Crippen LogP contribution < -0.4 is 10.6 Å². The molecule has 2 aromatic carbocycles. The SMILES string of the molecule is Cc1ccc(S(=O)(=O)N2CCC(C(=O)N[C@@H](C(=O)N[C@H](C)CCc3ccccc3)C(C)C)CC2)cc1. The highest BCUT2D eigenvalue weighted by Gasteiger charge is 2.34. The summed E-state index contributed by atoms with van der Waals surface area (Å²) in [6, 6.07) is 16.3. The third kappa shape index (κ3) is 7.40. The maximum absolute atomic E-state index is 13.0. The monoisotopic (exact) mass is 513 g/mol. The van der Waals surface area contributed by atoms with Crippen molar-refractivity contribution in [2.75, 3.05) is 13.1 Å². The standard InChI is InChI=1S/C28H39N3O4S/c1-20(2)26(28(33)29-22(4)12-13-23-8-6-5-7-9-23)30-27(32)24-16-18-31(19-17-24)36(34,35)25-14-10-21(3)11-15-25/h5-11,14-15,20,22,24,26H,12-13,16-19H2,1-4H3,(H,29,33)(H,30,32)/t22-,26-/m1/s1. The Morgan fingerprint density at radius 1 is 0.944 bits per heavy atom. The summed E-state index contributed by atoms with van der Waals surface area (Å²) >= 11 is 0. The molecule has 0 spiro atoms. The fourth-order valence-corrected chi connectivity index (χ4v) is 5.93. The third-order valence-corrected chi connectivity index (χ3v) is 8.74. The number of sulfonamides is 1. The second-order valence-electron chi connectivity index (χ2n) is 10.2. The number of benzene rings is 2. The van der Waals surface area contributed by atoms with Crippen LogP contribution in [0.1, 0.15) is 51.2 Å². The topological polar surface area (TPSA) is 95.6 Å². The summed E-state index contributed by atoms with van der Waals surface area (Å²) in [6.45, 7) is 8.28. The first-order valence-corrected chi connectivity index (χ1v) is 14.2. The van der Waals surface area contributed by atoms with Gasteiger partial charge in [0.2, 0.25) is 21.8 Å². The number of nitrogens with zero attached hydrogens (tertiary/aromatic N) is 1. The minimum Gasteiger partial charge on any atom is -0.352 e. The summed E-state index contributed by atoms with van der Waals surface area (Å²) in [6.07, 6.45) is 2.53. The quantitative estimate of drug-likeness (QED) is 0.507. The highest BCUT2D eigenvalue weighted by atomic mass is 32.2. The van der Waals surface area contributed by atoms with Crippen molar-refractivity contribution in [2.45, 2.75) is 70.4 Å². The van der Waals surface area contributed by atoms with Crippen molar-refractivity contribution in [2.24, 2.45) is 11.8 Å². The van der Waals surface area contributed by atoms with Gasteiger partial charge in [-0.3, -0.25) is 9.59 Å². The molecule has 1 fully saturated rings. The lowest BCUT2D eigenvalue weighted by Crippen LogP contribution is -2.53. The molecule has 1 aliphatic rings. The number of rotatable bonds is 10. The van der Waals surface area contributed by atoms with Gasteiger partial charge < -0.3 is 10.6 Å². The highest BCUT2D eigenvalue weighted by Crippen LogP contribution is 2.24. The van der Waals surface area contributed by atoms with Gasteiger partial charge in [-0.2, -0.15) is 4.31 Å². The van der Waals surface area contributed by atoms with E-state index in [1.807, 2.05) is 45.9 Å². The van der Waals surface area contributed by atoms with E-state index in [0.29, 0.717) is 12.8 Å². The molecular weight excluding hydrogens is 474 g/mol. The van der Waals surface area contributed by atoms with Crippen LogP contribution in [0.2, 0.25) is 0 Å². The molecule has 2 amide bonds. The van der Waals surface area contributed by atoms with Crippen molar-refractivity contribution < 1.29 is 18.0 Å². The van der Waals surface area contributed by atoms with Crippen molar-refractivity contribution in [1.29, 1.82) is 0 Å². The van der Waals surface area contributed by atoms with E-state index in [9.17, 15) is 18.0 Å². The van der Waals surface area contributed by atoms with Crippen LogP contribution in [0.5, 0.6) is 0 Å². The summed E-state index contributed by atoms with van der Waals surface area (Å²) in [5, 5.41) is 5.99. The highest BCUT2D eigenvalue weighted by molar-refractivity contribution is 7.89. The van der Waals surface area contributed by atoms with Crippen LogP contribution in [0.25, 0.3) is 0 Å². The van der Waals surface area contributed by atoms with Crippen molar-refractivity contribution in [3.05, 3.63) is 65.7 Å². The Kier molecular flexibility index (Phi) is 9.68. The molecule has 2 atom stereocenters. The number of carbonyl (C=O) groups excluding carboxylic acids is 2. The van der Waals surface area contributed by atoms with Gasteiger partial charge in [-0.25, -0.2) is 8.42 Å². The second kappa shape index (κ2) is 12.5. The number of carbonyl (C=O) groups is 2. The molecule has 7 nitrogen and oxygen atoms in total. The summed E-state index contributed by atoms with van der Waals surface area (Å²) in [4.78, 5) is 26.3. The van der Waals surface area contributed by atoms with Crippen LogP contribution >= 0.6 is 0 Å². The minimum atomic E-state index is -3.58. The van der Waals surface area contributed by atoms with Crippen molar-refractivity contribution >= 4 is 21.8 Å². The fourth-order valence-electron chi connectivity index (χ4n) is 4.46. The Hall–Kier alpha value is -2.71. The zero-order valence-corrected chi connectivity index (χ0v) is 22.6. The largest absolute Gasteiger partial charge is 0.352 e. The lowest BCUT2D eigenvalue weighted by Gasteiger charge is -2.32. The van der Waals surface area contributed by atoms with Crippen molar-refractivity contribution in [3.63, 3.8) is 0 Å². The number of hydrogen-bond acceptors (Lipinski definition) is 4. The number of amides is 2. The molecule has 1 heterocycles. The van der Waals surface area contributed by atoms with Crippen molar-refractivity contribution in [1.82, 2.24) is 14.9 Å². The van der Waals surface area contributed by atoms with Crippen LogP contribution in [0.4, 0.5) is 0 Å². The Bertz CT molecular complexity index is 1110. The Morgan fingerprint density at radius 3 is 2.14 bits per heavy atom. The molecule has 1 saturated heterocycles. The van der Waals surface area contributed by atoms with Gasteiger partial charge in [0.05, 0.1) is 4.90 Å². The first-order valence-electron chi connectivity index (χ1n) is 12.8. The summed E-state index contributed by atoms with van der Waals surface area (Å²) in [7, 11) is -3.58. The maximum Gasteiger partial charge on any atom is 0.243 e. The van der Waals surface area contributed by atoms with Crippen LogP contribution in [0, 0.1) is 18.8 Å². The molecule has 0 unspecified atom stereocenters. The molecule has 0 aliphatic carbocycles. The van der Waals surface area contributed by atoms with Gasteiger partial charge in [-0.15, -0.1) is 0 Å². The van der Waals surface area contributed by atoms with Gasteiger partial charge in [0, 0.05) is 25.0 Å². The van der Waals surface area contributed by atoms with E-state index in [4.69, 9.17) is 0 Å². The number of piperidine rings is 1. The molecule has 8 heteroatoms. The minimum absolute atomic E-state index is 0.0222. The predicted molar refractivity (Wildman–Crippen MR) is 142 cm³/mol. The van der Waals surface area contributed by atoms with Gasteiger partial charge in [-0.1, -0.05) is 61.9 Å². The molecule has 0 radical (unpaired) electrons. The van der Waals surface area contributed by atoms with Gasteiger partial charge >= 0.3 is 0 Å². The Balaban J connectivity index is 1.51. The van der Waals surface area contributed by atoms with Crippen LogP contribution in [-0.2, 0) is 26.0 Å². The number of nitrogens with one attached hydrogen (secondary N) is 2. The zero-order valence-electron chi connectivity index (χ0n) is 21.7. The maximum atomic E-state index is 13.0. The van der Waals surface area contributed by atoms with Gasteiger partial charge in [0.15, 0.2) is 0 Å².